The van der Waals surface area contributed by atoms with Crippen molar-refractivity contribution in [1.29, 1.82) is 0 Å². The summed E-state index contributed by atoms with van der Waals surface area (Å²) in [7, 11) is 0. The molecule has 1 fully saturated rings. The van der Waals surface area contributed by atoms with Gasteiger partial charge in [-0.1, -0.05) is 12.1 Å². The number of nitrogens with two attached hydrogens (primary N) is 1. The highest BCUT2D eigenvalue weighted by Gasteiger charge is 2.19. The second-order valence-corrected chi connectivity index (χ2v) is 5.88. The van der Waals surface area contributed by atoms with Crippen LogP contribution in [-0.4, -0.2) is 17.2 Å². The molecule has 1 aliphatic rings. The fraction of sp³-hybridized carbons (Fsp3) is 0.462. The SMILES string of the molecule is CC(Sc1cccc(CNC2CC2)c1)C(N)=O. The highest BCUT2D eigenvalue weighted by atomic mass is 32.2. The zero-order valence-corrected chi connectivity index (χ0v) is 10.8. The molecular weight excluding hydrogens is 232 g/mol. The van der Waals surface area contributed by atoms with Crippen molar-refractivity contribution in [2.75, 3.05) is 0 Å². The van der Waals surface area contributed by atoms with E-state index in [2.05, 4.69) is 17.4 Å². The first-order valence-electron chi connectivity index (χ1n) is 5.93. The minimum atomic E-state index is -0.267. The summed E-state index contributed by atoms with van der Waals surface area (Å²) in [5, 5.41) is 3.30. The zero-order chi connectivity index (χ0) is 12.3. The Kier molecular flexibility index (Phi) is 4.07. The predicted octanol–water partition coefficient (Wildman–Crippen LogP) is 1.90. The molecule has 0 heterocycles. The van der Waals surface area contributed by atoms with E-state index in [-0.39, 0.29) is 11.2 Å². The Hall–Kier alpha value is -1.00. The van der Waals surface area contributed by atoms with Gasteiger partial charge in [0.05, 0.1) is 5.25 Å². The van der Waals surface area contributed by atoms with Crippen LogP contribution in [0.2, 0.25) is 0 Å². The molecule has 2 rings (SSSR count). The molecule has 1 aromatic rings. The molecule has 3 N–H and O–H groups in total. The van der Waals surface area contributed by atoms with Crippen molar-refractivity contribution in [2.24, 2.45) is 5.73 Å². The molecule has 3 nitrogen and oxygen atoms in total. The van der Waals surface area contributed by atoms with Crippen molar-refractivity contribution in [1.82, 2.24) is 5.32 Å². The van der Waals surface area contributed by atoms with Crippen molar-refractivity contribution in [3.63, 3.8) is 0 Å². The summed E-state index contributed by atoms with van der Waals surface area (Å²) in [5.41, 5.74) is 6.52. The molecule has 1 unspecified atom stereocenters. The van der Waals surface area contributed by atoms with Gasteiger partial charge in [-0.25, -0.2) is 0 Å². The highest BCUT2D eigenvalue weighted by Crippen LogP contribution is 2.24. The molecule has 0 aromatic heterocycles. The third kappa shape index (κ3) is 4.06. The van der Waals surface area contributed by atoms with E-state index in [1.54, 1.807) is 0 Å². The molecule has 17 heavy (non-hydrogen) atoms. The lowest BCUT2D eigenvalue weighted by Crippen LogP contribution is -2.22. The van der Waals surface area contributed by atoms with Crippen LogP contribution in [0, 0.1) is 0 Å². The molecule has 1 amide bonds. The second kappa shape index (κ2) is 5.56. The molecule has 0 bridgehead atoms. The summed E-state index contributed by atoms with van der Waals surface area (Å²) in [4.78, 5) is 12.1. The lowest BCUT2D eigenvalue weighted by atomic mass is 10.2. The summed E-state index contributed by atoms with van der Waals surface area (Å²) in [6.07, 6.45) is 2.60. The van der Waals surface area contributed by atoms with Crippen LogP contribution in [0.1, 0.15) is 25.3 Å². The van der Waals surface area contributed by atoms with E-state index >= 15 is 0 Å². The fourth-order valence-electron chi connectivity index (χ4n) is 1.54. The smallest absolute Gasteiger partial charge is 0.230 e. The number of primary amides is 1. The third-order valence-electron chi connectivity index (χ3n) is 2.78. The Morgan fingerprint density at radius 2 is 2.35 bits per heavy atom. The van der Waals surface area contributed by atoms with E-state index in [4.69, 9.17) is 5.73 Å². The van der Waals surface area contributed by atoms with Crippen molar-refractivity contribution in [3.8, 4) is 0 Å². The number of carbonyl (C=O) groups excluding carboxylic acids is 1. The number of thioether (sulfide) groups is 1. The van der Waals surface area contributed by atoms with Crippen molar-refractivity contribution >= 4 is 17.7 Å². The van der Waals surface area contributed by atoms with Gasteiger partial charge in [0.1, 0.15) is 0 Å². The third-order valence-corrected chi connectivity index (χ3v) is 3.90. The molecule has 92 valence electrons. The van der Waals surface area contributed by atoms with Gasteiger partial charge in [-0.15, -0.1) is 11.8 Å². The second-order valence-electron chi connectivity index (χ2n) is 4.47. The number of hydrogen-bond acceptors (Lipinski definition) is 3. The average molecular weight is 250 g/mol. The normalized spacial score (nSPS) is 16.8. The van der Waals surface area contributed by atoms with Crippen molar-refractivity contribution < 1.29 is 4.79 Å². The summed E-state index contributed by atoms with van der Waals surface area (Å²) in [6, 6.07) is 8.99. The first-order chi connectivity index (χ1) is 8.15. The molecule has 1 atom stereocenters. The fourth-order valence-corrected chi connectivity index (χ4v) is 2.44. The van der Waals surface area contributed by atoms with Crippen LogP contribution >= 0.6 is 11.8 Å². The molecule has 1 aromatic carbocycles. The van der Waals surface area contributed by atoms with E-state index in [0.29, 0.717) is 0 Å². The van der Waals surface area contributed by atoms with Gasteiger partial charge < -0.3 is 11.1 Å². The monoisotopic (exact) mass is 250 g/mol. The van der Waals surface area contributed by atoms with Gasteiger partial charge in [0, 0.05) is 17.5 Å². The lowest BCUT2D eigenvalue weighted by molar-refractivity contribution is -0.117. The Morgan fingerprint density at radius 1 is 1.59 bits per heavy atom. The van der Waals surface area contributed by atoms with E-state index in [9.17, 15) is 4.79 Å². The van der Waals surface area contributed by atoms with E-state index in [1.807, 2.05) is 19.1 Å². The first-order valence-corrected chi connectivity index (χ1v) is 6.81. The van der Waals surface area contributed by atoms with Gasteiger partial charge in [-0.3, -0.25) is 4.79 Å². The van der Waals surface area contributed by atoms with Gasteiger partial charge in [0.15, 0.2) is 0 Å². The summed E-state index contributed by atoms with van der Waals surface area (Å²) in [6.45, 7) is 2.74. The van der Waals surface area contributed by atoms with Crippen LogP contribution in [0.3, 0.4) is 0 Å². The topological polar surface area (TPSA) is 55.1 Å². The van der Waals surface area contributed by atoms with Crippen LogP contribution < -0.4 is 11.1 Å². The number of carbonyl (C=O) groups is 1. The molecule has 0 radical (unpaired) electrons. The maximum atomic E-state index is 11.0. The predicted molar refractivity (Wildman–Crippen MR) is 70.8 cm³/mol. The molecule has 0 aliphatic heterocycles. The van der Waals surface area contributed by atoms with Crippen LogP contribution in [0.15, 0.2) is 29.2 Å². The van der Waals surface area contributed by atoms with Crippen LogP contribution in [0.25, 0.3) is 0 Å². The number of benzene rings is 1. The van der Waals surface area contributed by atoms with E-state index < -0.39 is 0 Å². The van der Waals surface area contributed by atoms with E-state index in [0.717, 1.165) is 17.5 Å². The number of nitrogens with one attached hydrogen (secondary N) is 1. The van der Waals surface area contributed by atoms with Gasteiger partial charge in [-0.2, -0.15) is 0 Å². The largest absolute Gasteiger partial charge is 0.369 e. The Morgan fingerprint density at radius 3 is 3.00 bits per heavy atom. The first kappa shape index (κ1) is 12.5. The van der Waals surface area contributed by atoms with E-state index in [1.165, 1.54) is 30.2 Å². The summed E-state index contributed by atoms with van der Waals surface area (Å²) < 4.78 is 0. The van der Waals surface area contributed by atoms with Gasteiger partial charge in [-0.05, 0) is 37.5 Å². The average Bonchev–Trinajstić information content (AvgIpc) is 3.10. The minimum Gasteiger partial charge on any atom is -0.369 e. The van der Waals surface area contributed by atoms with Gasteiger partial charge in [0.2, 0.25) is 5.91 Å². The van der Waals surface area contributed by atoms with Crippen molar-refractivity contribution in [3.05, 3.63) is 29.8 Å². The van der Waals surface area contributed by atoms with Crippen LogP contribution in [-0.2, 0) is 11.3 Å². The maximum Gasteiger partial charge on any atom is 0.230 e. The maximum absolute atomic E-state index is 11.0. The standard InChI is InChI=1S/C13H18N2OS/c1-9(13(14)16)17-12-4-2-3-10(7-12)8-15-11-5-6-11/h2-4,7,9,11,15H,5-6,8H2,1H3,(H2,14,16). The molecular formula is C13H18N2OS. The Balaban J connectivity index is 1.92. The summed E-state index contributed by atoms with van der Waals surface area (Å²) in [5.74, 6) is -0.267. The molecule has 0 saturated heterocycles. The van der Waals surface area contributed by atoms with Gasteiger partial charge >= 0.3 is 0 Å². The quantitative estimate of drug-likeness (QED) is 0.758. The molecule has 1 saturated carbocycles. The Bertz CT molecular complexity index is 404. The zero-order valence-electron chi connectivity index (χ0n) is 9.98. The van der Waals surface area contributed by atoms with Crippen LogP contribution in [0.4, 0.5) is 0 Å². The number of rotatable bonds is 6. The summed E-state index contributed by atoms with van der Waals surface area (Å²) >= 11 is 1.51. The van der Waals surface area contributed by atoms with Gasteiger partial charge in [0.25, 0.3) is 0 Å². The minimum absolute atomic E-state index is 0.179. The highest BCUT2D eigenvalue weighted by molar-refractivity contribution is 8.00. The van der Waals surface area contributed by atoms with Crippen molar-refractivity contribution in [2.45, 2.75) is 42.5 Å². The lowest BCUT2D eigenvalue weighted by Gasteiger charge is -2.09. The molecule has 4 heteroatoms. The van der Waals surface area contributed by atoms with Crippen LogP contribution in [0.5, 0.6) is 0 Å². The number of amides is 1. The Labute approximate surface area is 106 Å². The molecule has 1 aliphatic carbocycles. The number of hydrogen-bond donors (Lipinski definition) is 2. The molecule has 0 spiro atoms.